The molecule has 0 aliphatic carbocycles. The summed E-state index contributed by atoms with van der Waals surface area (Å²) in [7, 11) is 0. The molecule has 0 fully saturated rings. The molecular weight excluding hydrogens is 322 g/mol. The first-order chi connectivity index (χ1) is 12.0. The van der Waals surface area contributed by atoms with Crippen LogP contribution in [0.2, 0.25) is 0 Å². The molecular formula is C19H19NO5. The maximum atomic E-state index is 12.6. The van der Waals surface area contributed by atoms with Crippen molar-refractivity contribution in [1.82, 2.24) is 5.32 Å². The van der Waals surface area contributed by atoms with Crippen LogP contribution in [0.1, 0.15) is 33.1 Å². The molecule has 2 aromatic carbocycles. The molecule has 3 rings (SSSR count). The van der Waals surface area contributed by atoms with E-state index < -0.39 is 12.6 Å². The highest BCUT2D eigenvalue weighted by molar-refractivity contribution is 5.95. The van der Waals surface area contributed by atoms with E-state index in [1.807, 2.05) is 24.3 Å². The molecule has 1 heterocycles. The standard InChI is InChI=1S/C19H19NO5/c1-11-7-13(8-12(2)18(11)25-10-17(21)22)19(23)20-15-9-24-16-6-4-3-5-14(15)16/h3-8,15H,9-10H2,1-2H3,(H,20,23)(H,21,22)/t15-/m0/s1. The highest BCUT2D eigenvalue weighted by Gasteiger charge is 2.25. The van der Waals surface area contributed by atoms with Gasteiger partial charge in [0.1, 0.15) is 18.1 Å². The largest absolute Gasteiger partial charge is 0.491 e. The zero-order chi connectivity index (χ0) is 18.0. The van der Waals surface area contributed by atoms with Gasteiger partial charge in [0.05, 0.1) is 6.04 Å². The molecule has 6 nitrogen and oxygen atoms in total. The van der Waals surface area contributed by atoms with E-state index in [1.165, 1.54) is 0 Å². The number of aryl methyl sites for hydroxylation is 2. The fraction of sp³-hybridized carbons (Fsp3) is 0.263. The Hall–Kier alpha value is -3.02. The van der Waals surface area contributed by atoms with Crippen LogP contribution in [-0.2, 0) is 4.79 Å². The molecule has 0 saturated carbocycles. The van der Waals surface area contributed by atoms with Crippen LogP contribution in [-0.4, -0.2) is 30.2 Å². The van der Waals surface area contributed by atoms with Crippen molar-refractivity contribution in [3.8, 4) is 11.5 Å². The number of hydrogen-bond acceptors (Lipinski definition) is 4. The third-order valence-corrected chi connectivity index (χ3v) is 4.07. The van der Waals surface area contributed by atoms with Crippen molar-refractivity contribution in [3.63, 3.8) is 0 Å². The highest BCUT2D eigenvalue weighted by atomic mass is 16.5. The molecule has 0 unspecified atom stereocenters. The molecule has 0 aromatic heterocycles. The topological polar surface area (TPSA) is 84.9 Å². The van der Waals surface area contributed by atoms with Crippen molar-refractivity contribution in [3.05, 3.63) is 58.7 Å². The van der Waals surface area contributed by atoms with Crippen LogP contribution in [0.3, 0.4) is 0 Å². The normalized spacial score (nSPS) is 15.2. The van der Waals surface area contributed by atoms with Gasteiger partial charge in [-0.3, -0.25) is 4.79 Å². The van der Waals surface area contributed by atoms with Crippen molar-refractivity contribution in [1.29, 1.82) is 0 Å². The molecule has 1 aliphatic heterocycles. The number of hydrogen-bond donors (Lipinski definition) is 2. The minimum Gasteiger partial charge on any atom is -0.491 e. The van der Waals surface area contributed by atoms with Gasteiger partial charge in [0.2, 0.25) is 0 Å². The van der Waals surface area contributed by atoms with Crippen molar-refractivity contribution < 1.29 is 24.2 Å². The van der Waals surface area contributed by atoms with Gasteiger partial charge in [0.25, 0.3) is 5.91 Å². The number of rotatable bonds is 5. The van der Waals surface area contributed by atoms with Gasteiger partial charge < -0.3 is 19.9 Å². The number of nitrogens with one attached hydrogen (secondary N) is 1. The zero-order valence-corrected chi connectivity index (χ0v) is 14.0. The van der Waals surface area contributed by atoms with Crippen molar-refractivity contribution in [2.45, 2.75) is 19.9 Å². The number of benzene rings is 2. The molecule has 130 valence electrons. The Morgan fingerprint density at radius 1 is 1.24 bits per heavy atom. The molecule has 2 N–H and O–H groups in total. The van der Waals surface area contributed by atoms with Crippen LogP contribution in [0.15, 0.2) is 36.4 Å². The summed E-state index contributed by atoms with van der Waals surface area (Å²) in [6, 6.07) is 10.8. The van der Waals surface area contributed by atoms with Gasteiger partial charge >= 0.3 is 5.97 Å². The Labute approximate surface area is 145 Å². The average Bonchev–Trinajstić information content (AvgIpc) is 2.97. The van der Waals surface area contributed by atoms with Crippen LogP contribution >= 0.6 is 0 Å². The van der Waals surface area contributed by atoms with Crippen LogP contribution in [0.4, 0.5) is 0 Å². The maximum Gasteiger partial charge on any atom is 0.341 e. The lowest BCUT2D eigenvalue weighted by Crippen LogP contribution is -2.29. The van der Waals surface area contributed by atoms with E-state index in [-0.39, 0.29) is 11.9 Å². The van der Waals surface area contributed by atoms with Gasteiger partial charge in [-0.25, -0.2) is 4.79 Å². The highest BCUT2D eigenvalue weighted by Crippen LogP contribution is 2.32. The first kappa shape index (κ1) is 16.8. The summed E-state index contributed by atoms with van der Waals surface area (Å²) in [5.41, 5.74) is 2.90. The van der Waals surface area contributed by atoms with Gasteiger partial charge in [-0.2, -0.15) is 0 Å². The van der Waals surface area contributed by atoms with E-state index in [9.17, 15) is 9.59 Å². The first-order valence-electron chi connectivity index (χ1n) is 7.94. The Morgan fingerprint density at radius 2 is 1.92 bits per heavy atom. The Bertz CT molecular complexity index is 807. The quantitative estimate of drug-likeness (QED) is 0.873. The number of carbonyl (C=O) groups excluding carboxylic acids is 1. The third kappa shape index (κ3) is 3.57. The van der Waals surface area contributed by atoms with Crippen LogP contribution in [0.5, 0.6) is 11.5 Å². The summed E-state index contributed by atoms with van der Waals surface area (Å²) >= 11 is 0. The first-order valence-corrected chi connectivity index (χ1v) is 7.94. The fourth-order valence-electron chi connectivity index (χ4n) is 2.97. The molecule has 0 spiro atoms. The monoisotopic (exact) mass is 341 g/mol. The van der Waals surface area contributed by atoms with Crippen molar-refractivity contribution in [2.75, 3.05) is 13.2 Å². The Kier molecular flexibility index (Phi) is 4.61. The number of amides is 1. The Balaban J connectivity index is 1.76. The lowest BCUT2D eigenvalue weighted by Gasteiger charge is -2.15. The molecule has 25 heavy (non-hydrogen) atoms. The van der Waals surface area contributed by atoms with E-state index >= 15 is 0 Å². The molecule has 0 bridgehead atoms. The SMILES string of the molecule is Cc1cc(C(=O)N[C@H]2COc3ccccc32)cc(C)c1OCC(=O)O. The van der Waals surface area contributed by atoms with Gasteiger partial charge in [0, 0.05) is 11.1 Å². The summed E-state index contributed by atoms with van der Waals surface area (Å²) in [4.78, 5) is 23.3. The van der Waals surface area contributed by atoms with Gasteiger partial charge in [-0.05, 0) is 43.2 Å². The second-order valence-corrected chi connectivity index (χ2v) is 6.00. The number of carbonyl (C=O) groups is 2. The van der Waals surface area contributed by atoms with Gasteiger partial charge in [-0.15, -0.1) is 0 Å². The lowest BCUT2D eigenvalue weighted by atomic mass is 10.0. The van der Waals surface area contributed by atoms with Gasteiger partial charge in [0.15, 0.2) is 6.61 Å². The molecule has 2 aromatic rings. The molecule has 1 aliphatic rings. The predicted octanol–water partition coefficient (Wildman–Crippen LogP) is 2.63. The Morgan fingerprint density at radius 3 is 2.60 bits per heavy atom. The number of ether oxygens (including phenoxy) is 2. The number of para-hydroxylation sites is 1. The lowest BCUT2D eigenvalue weighted by molar-refractivity contribution is -0.139. The van der Waals surface area contributed by atoms with E-state index in [0.29, 0.717) is 17.9 Å². The minimum absolute atomic E-state index is 0.188. The molecule has 6 heteroatoms. The number of fused-ring (bicyclic) bond motifs is 1. The van der Waals surface area contributed by atoms with Crippen LogP contribution in [0.25, 0.3) is 0 Å². The second-order valence-electron chi connectivity index (χ2n) is 6.00. The van der Waals surface area contributed by atoms with Crippen molar-refractivity contribution >= 4 is 11.9 Å². The van der Waals surface area contributed by atoms with E-state index in [4.69, 9.17) is 14.6 Å². The zero-order valence-electron chi connectivity index (χ0n) is 14.0. The maximum absolute atomic E-state index is 12.6. The van der Waals surface area contributed by atoms with Crippen LogP contribution in [0, 0.1) is 13.8 Å². The number of carboxylic acids is 1. The van der Waals surface area contributed by atoms with Crippen molar-refractivity contribution in [2.24, 2.45) is 0 Å². The summed E-state index contributed by atoms with van der Waals surface area (Å²) in [6.45, 7) is 3.57. The third-order valence-electron chi connectivity index (χ3n) is 4.07. The van der Waals surface area contributed by atoms with Crippen LogP contribution < -0.4 is 14.8 Å². The molecule has 1 amide bonds. The molecule has 0 saturated heterocycles. The summed E-state index contributed by atoms with van der Waals surface area (Å²) in [5.74, 6) is 0.0351. The fourth-order valence-corrected chi connectivity index (χ4v) is 2.97. The van der Waals surface area contributed by atoms with E-state index in [0.717, 1.165) is 22.4 Å². The molecule has 1 atom stereocenters. The summed E-state index contributed by atoms with van der Waals surface area (Å²) in [5, 5.41) is 11.7. The number of aliphatic carboxylic acids is 1. The van der Waals surface area contributed by atoms with Gasteiger partial charge in [-0.1, -0.05) is 18.2 Å². The minimum atomic E-state index is -1.04. The summed E-state index contributed by atoms with van der Waals surface area (Å²) < 4.78 is 10.9. The second kappa shape index (κ2) is 6.84. The molecule has 0 radical (unpaired) electrons. The van der Waals surface area contributed by atoms with E-state index in [1.54, 1.807) is 26.0 Å². The predicted molar refractivity (Wildman–Crippen MR) is 91.2 cm³/mol. The van der Waals surface area contributed by atoms with E-state index in [2.05, 4.69) is 5.32 Å². The number of carboxylic acid groups (broad SMARTS) is 1. The summed E-state index contributed by atoms with van der Waals surface area (Å²) in [6.07, 6.45) is 0. The smallest absolute Gasteiger partial charge is 0.341 e. The average molecular weight is 341 g/mol.